The second-order valence-electron chi connectivity index (χ2n) is 7.64. The number of benzene rings is 1. The molecule has 1 aliphatic rings. The summed E-state index contributed by atoms with van der Waals surface area (Å²) in [5.74, 6) is -1.70. The minimum atomic E-state index is -0.702. The van der Waals surface area contributed by atoms with Crippen LogP contribution in [0.25, 0.3) is 21.9 Å². The lowest BCUT2D eigenvalue weighted by Gasteiger charge is -2.26. The van der Waals surface area contributed by atoms with Gasteiger partial charge in [-0.05, 0) is 55.2 Å². The predicted molar refractivity (Wildman–Crippen MR) is 110 cm³/mol. The zero-order chi connectivity index (χ0) is 21.0. The third-order valence-corrected chi connectivity index (χ3v) is 5.81. The molecule has 3 N–H and O–H groups in total. The van der Waals surface area contributed by atoms with Crippen LogP contribution in [0.1, 0.15) is 40.9 Å². The first kappa shape index (κ1) is 18.4. The standard InChI is InChI=1S/C22H19FN4O3/c1-11-2-3-12-8-14(23)9-16-18(12)27(11)22(30)17(19(16)28)21(29)26-10-13-4-6-24-20-15(13)5-7-25-20/h4-9,11,28H,2-3,10H2,1H3,(H,24,25)(H,26,29). The molecule has 0 bridgehead atoms. The molecule has 0 radical (unpaired) electrons. The van der Waals surface area contributed by atoms with Crippen molar-refractivity contribution in [1.29, 1.82) is 0 Å². The van der Waals surface area contributed by atoms with Gasteiger partial charge < -0.3 is 20.0 Å². The summed E-state index contributed by atoms with van der Waals surface area (Å²) in [7, 11) is 0. The Hall–Kier alpha value is -3.68. The zero-order valence-electron chi connectivity index (χ0n) is 16.2. The molecule has 0 spiro atoms. The highest BCUT2D eigenvalue weighted by molar-refractivity contribution is 6.03. The number of rotatable bonds is 3. The number of pyridine rings is 2. The van der Waals surface area contributed by atoms with Crippen LogP contribution in [0.2, 0.25) is 0 Å². The molecule has 7 nitrogen and oxygen atoms in total. The maximum atomic E-state index is 14.1. The molecule has 0 saturated carbocycles. The van der Waals surface area contributed by atoms with Gasteiger partial charge in [-0.25, -0.2) is 9.37 Å². The largest absolute Gasteiger partial charge is 0.506 e. The van der Waals surface area contributed by atoms with E-state index in [0.29, 0.717) is 29.6 Å². The summed E-state index contributed by atoms with van der Waals surface area (Å²) >= 11 is 0. The maximum Gasteiger partial charge on any atom is 0.267 e. The van der Waals surface area contributed by atoms with Gasteiger partial charge in [0.15, 0.2) is 0 Å². The van der Waals surface area contributed by atoms with Crippen molar-refractivity contribution in [2.24, 2.45) is 0 Å². The van der Waals surface area contributed by atoms with E-state index in [1.165, 1.54) is 16.7 Å². The van der Waals surface area contributed by atoms with Crippen LogP contribution in [0.5, 0.6) is 5.75 Å². The highest BCUT2D eigenvalue weighted by Crippen LogP contribution is 2.35. The zero-order valence-corrected chi connectivity index (χ0v) is 16.2. The molecule has 5 rings (SSSR count). The van der Waals surface area contributed by atoms with E-state index in [9.17, 15) is 19.1 Å². The molecule has 152 valence electrons. The van der Waals surface area contributed by atoms with Crippen molar-refractivity contribution >= 4 is 27.8 Å². The summed E-state index contributed by atoms with van der Waals surface area (Å²) in [5.41, 5.74) is 1.73. The van der Waals surface area contributed by atoms with Gasteiger partial charge >= 0.3 is 0 Å². The summed E-state index contributed by atoms with van der Waals surface area (Å²) in [5, 5.41) is 14.5. The van der Waals surface area contributed by atoms with E-state index >= 15 is 0 Å². The number of aryl methyl sites for hydroxylation is 1. The number of halogens is 1. The molecule has 3 aromatic heterocycles. The van der Waals surface area contributed by atoms with Crippen LogP contribution in [0.15, 0.2) is 41.5 Å². The number of aromatic hydroxyl groups is 1. The Labute approximate surface area is 170 Å². The molecule has 1 amide bonds. The number of aromatic nitrogens is 3. The van der Waals surface area contributed by atoms with Crippen molar-refractivity contribution in [1.82, 2.24) is 19.9 Å². The molecule has 4 aromatic rings. The number of hydrogen-bond acceptors (Lipinski definition) is 4. The fourth-order valence-corrected chi connectivity index (χ4v) is 4.32. The smallest absolute Gasteiger partial charge is 0.267 e. The second-order valence-corrected chi connectivity index (χ2v) is 7.64. The Morgan fingerprint density at radius 1 is 1.37 bits per heavy atom. The van der Waals surface area contributed by atoms with Crippen molar-refractivity contribution in [2.75, 3.05) is 0 Å². The number of fused-ring (bicyclic) bond motifs is 1. The highest BCUT2D eigenvalue weighted by Gasteiger charge is 2.28. The van der Waals surface area contributed by atoms with Crippen molar-refractivity contribution in [3.05, 3.63) is 69.5 Å². The van der Waals surface area contributed by atoms with Gasteiger partial charge in [-0.2, -0.15) is 0 Å². The summed E-state index contributed by atoms with van der Waals surface area (Å²) < 4.78 is 15.6. The monoisotopic (exact) mass is 406 g/mol. The van der Waals surface area contributed by atoms with Gasteiger partial charge in [0.1, 0.15) is 22.8 Å². The first-order chi connectivity index (χ1) is 14.5. The molecule has 4 heterocycles. The maximum absolute atomic E-state index is 14.1. The van der Waals surface area contributed by atoms with Crippen molar-refractivity contribution in [3.8, 4) is 5.75 Å². The topological polar surface area (TPSA) is 100 Å². The number of amides is 1. The minimum absolute atomic E-state index is 0.149. The molecule has 8 heteroatoms. The van der Waals surface area contributed by atoms with Gasteiger partial charge in [0.05, 0.1) is 5.52 Å². The SMILES string of the molecule is CC1CCc2cc(F)cc3c(O)c(C(=O)NCc4ccnc5[nH]ccc45)c(=O)n1c23. The highest BCUT2D eigenvalue weighted by atomic mass is 19.1. The van der Waals surface area contributed by atoms with Crippen LogP contribution < -0.4 is 10.9 Å². The average Bonchev–Trinajstić information content (AvgIpc) is 3.20. The number of nitrogens with one attached hydrogen (secondary N) is 2. The molecule has 1 atom stereocenters. The van der Waals surface area contributed by atoms with Crippen molar-refractivity contribution in [2.45, 2.75) is 32.4 Å². The fraction of sp³-hybridized carbons (Fsp3) is 0.227. The molecular weight excluding hydrogens is 387 g/mol. The summed E-state index contributed by atoms with van der Waals surface area (Å²) in [6, 6.07) is 6.02. The average molecular weight is 406 g/mol. The number of carbonyl (C=O) groups excluding carboxylic acids is 1. The van der Waals surface area contributed by atoms with Gasteiger partial charge in [-0.3, -0.25) is 9.59 Å². The third-order valence-electron chi connectivity index (χ3n) is 5.81. The number of hydrogen-bond donors (Lipinski definition) is 3. The molecule has 30 heavy (non-hydrogen) atoms. The Kier molecular flexibility index (Phi) is 4.09. The Morgan fingerprint density at radius 2 is 2.20 bits per heavy atom. The number of aromatic amines is 1. The van der Waals surface area contributed by atoms with Gasteiger partial charge in [-0.1, -0.05) is 0 Å². The molecule has 0 saturated heterocycles. The van der Waals surface area contributed by atoms with E-state index < -0.39 is 23.0 Å². The Balaban J connectivity index is 1.60. The molecule has 1 unspecified atom stereocenters. The van der Waals surface area contributed by atoms with Gasteiger partial charge in [-0.15, -0.1) is 0 Å². The van der Waals surface area contributed by atoms with Crippen LogP contribution in [0.3, 0.4) is 0 Å². The Bertz CT molecular complexity index is 1390. The molecule has 1 aliphatic heterocycles. The van der Waals surface area contributed by atoms with Crippen LogP contribution in [0.4, 0.5) is 4.39 Å². The van der Waals surface area contributed by atoms with Gasteiger partial charge in [0.25, 0.3) is 11.5 Å². The van der Waals surface area contributed by atoms with E-state index in [1.54, 1.807) is 18.5 Å². The molecule has 1 aromatic carbocycles. The van der Waals surface area contributed by atoms with Crippen LogP contribution in [-0.2, 0) is 13.0 Å². The number of H-pyrrole nitrogens is 1. The minimum Gasteiger partial charge on any atom is -0.506 e. The first-order valence-electron chi connectivity index (χ1n) is 9.74. The lowest BCUT2D eigenvalue weighted by atomic mass is 9.95. The summed E-state index contributed by atoms with van der Waals surface area (Å²) in [6.07, 6.45) is 4.63. The fourth-order valence-electron chi connectivity index (χ4n) is 4.32. The van der Waals surface area contributed by atoms with E-state index in [1.807, 2.05) is 13.0 Å². The van der Waals surface area contributed by atoms with Crippen LogP contribution in [0, 0.1) is 5.82 Å². The summed E-state index contributed by atoms with van der Waals surface area (Å²) in [6.45, 7) is 2.03. The summed E-state index contributed by atoms with van der Waals surface area (Å²) in [4.78, 5) is 33.3. The van der Waals surface area contributed by atoms with Crippen molar-refractivity contribution in [3.63, 3.8) is 0 Å². The van der Waals surface area contributed by atoms with E-state index in [4.69, 9.17) is 0 Å². The molecule has 0 fully saturated rings. The van der Waals surface area contributed by atoms with E-state index in [-0.39, 0.29) is 23.5 Å². The first-order valence-corrected chi connectivity index (χ1v) is 9.74. The second kappa shape index (κ2) is 6.69. The number of nitrogens with zero attached hydrogens (tertiary/aromatic N) is 2. The van der Waals surface area contributed by atoms with Gasteiger partial charge in [0, 0.05) is 35.8 Å². The quantitative estimate of drug-likeness (QED) is 0.487. The lowest BCUT2D eigenvalue weighted by molar-refractivity contribution is 0.0946. The molecule has 0 aliphatic carbocycles. The van der Waals surface area contributed by atoms with Crippen LogP contribution >= 0.6 is 0 Å². The predicted octanol–water partition coefficient (Wildman–Crippen LogP) is 3.16. The lowest BCUT2D eigenvalue weighted by Crippen LogP contribution is -2.36. The van der Waals surface area contributed by atoms with Crippen molar-refractivity contribution < 1.29 is 14.3 Å². The van der Waals surface area contributed by atoms with Crippen LogP contribution in [-0.4, -0.2) is 25.5 Å². The van der Waals surface area contributed by atoms with E-state index in [0.717, 1.165) is 10.9 Å². The van der Waals surface area contributed by atoms with Gasteiger partial charge in [0.2, 0.25) is 0 Å². The number of carbonyl (C=O) groups is 1. The molecular formula is C22H19FN4O3. The Morgan fingerprint density at radius 3 is 3.03 bits per heavy atom. The third kappa shape index (κ3) is 2.67. The van der Waals surface area contributed by atoms with E-state index in [2.05, 4.69) is 15.3 Å². The normalized spacial score (nSPS) is 15.6.